The molecule has 1 aromatic carbocycles. The second-order valence-electron chi connectivity index (χ2n) is 6.12. The fourth-order valence-corrected chi connectivity index (χ4v) is 3.01. The number of nitrogens with zero attached hydrogens (tertiary/aromatic N) is 4. The highest BCUT2D eigenvalue weighted by molar-refractivity contribution is 5.89. The molecule has 23 heavy (non-hydrogen) atoms. The number of aromatic nitrogens is 2. The minimum absolute atomic E-state index is 0.190. The molecule has 2 aromatic rings. The van der Waals surface area contributed by atoms with E-state index in [4.69, 9.17) is 4.74 Å². The number of hydrogen-bond donors (Lipinski definition) is 0. The molecule has 2 heterocycles. The van der Waals surface area contributed by atoms with Crippen molar-refractivity contribution in [2.45, 2.75) is 30.9 Å². The number of nitriles is 1. The lowest BCUT2D eigenvalue weighted by molar-refractivity contribution is 0.132. The number of rotatable bonds is 4. The van der Waals surface area contributed by atoms with Crippen molar-refractivity contribution in [1.82, 2.24) is 9.55 Å². The zero-order valence-corrected chi connectivity index (χ0v) is 12.6. The molecule has 0 radical (unpaired) electrons. The summed E-state index contributed by atoms with van der Waals surface area (Å²) in [5, 5.41) is 9.25. The van der Waals surface area contributed by atoms with Crippen LogP contribution in [0.2, 0.25) is 0 Å². The van der Waals surface area contributed by atoms with Crippen LogP contribution in [-0.4, -0.2) is 28.3 Å². The van der Waals surface area contributed by atoms with Crippen molar-refractivity contribution in [2.75, 3.05) is 11.4 Å². The minimum Gasteiger partial charge on any atom is -0.442 e. The third-order valence-corrected chi connectivity index (χ3v) is 4.54. The van der Waals surface area contributed by atoms with Gasteiger partial charge in [-0.25, -0.2) is 9.78 Å². The molecule has 2 fully saturated rings. The number of carbonyl (C=O) groups is 1. The van der Waals surface area contributed by atoms with Crippen LogP contribution in [-0.2, 0) is 16.7 Å². The van der Waals surface area contributed by atoms with E-state index in [9.17, 15) is 10.1 Å². The van der Waals surface area contributed by atoms with Gasteiger partial charge in [0.2, 0.25) is 0 Å². The van der Waals surface area contributed by atoms with Gasteiger partial charge in [0.1, 0.15) is 6.10 Å². The Morgan fingerprint density at radius 1 is 1.35 bits per heavy atom. The first-order valence-electron chi connectivity index (χ1n) is 7.66. The Labute approximate surface area is 133 Å². The summed E-state index contributed by atoms with van der Waals surface area (Å²) in [6.45, 7) is 1.11. The Kier molecular flexibility index (Phi) is 3.08. The number of hydrogen-bond acceptors (Lipinski definition) is 4. The highest BCUT2D eigenvalue weighted by Crippen LogP contribution is 2.47. The maximum absolute atomic E-state index is 12.1. The average Bonchev–Trinajstić information content (AvgIpc) is 3.05. The van der Waals surface area contributed by atoms with Gasteiger partial charge >= 0.3 is 6.09 Å². The monoisotopic (exact) mass is 308 g/mol. The second kappa shape index (κ2) is 5.13. The fourth-order valence-electron chi connectivity index (χ4n) is 3.01. The van der Waals surface area contributed by atoms with Crippen LogP contribution in [0.4, 0.5) is 10.5 Å². The van der Waals surface area contributed by atoms with E-state index in [2.05, 4.69) is 11.1 Å². The van der Waals surface area contributed by atoms with Crippen LogP contribution < -0.4 is 4.90 Å². The van der Waals surface area contributed by atoms with E-state index in [1.807, 2.05) is 35.0 Å². The molecule has 2 aliphatic rings. The third-order valence-electron chi connectivity index (χ3n) is 4.54. The molecule has 1 saturated carbocycles. The topological polar surface area (TPSA) is 71.2 Å². The van der Waals surface area contributed by atoms with Gasteiger partial charge < -0.3 is 9.30 Å². The van der Waals surface area contributed by atoms with E-state index < -0.39 is 0 Å². The predicted molar refractivity (Wildman–Crippen MR) is 82.8 cm³/mol. The van der Waals surface area contributed by atoms with E-state index in [1.165, 1.54) is 0 Å². The van der Waals surface area contributed by atoms with E-state index in [1.54, 1.807) is 17.4 Å². The van der Waals surface area contributed by atoms with Crippen molar-refractivity contribution in [2.24, 2.45) is 0 Å². The number of cyclic esters (lactones) is 1. The van der Waals surface area contributed by atoms with Crippen molar-refractivity contribution in [3.05, 3.63) is 48.5 Å². The molecular weight excluding hydrogens is 292 g/mol. The van der Waals surface area contributed by atoms with Gasteiger partial charge in [0, 0.05) is 18.1 Å². The van der Waals surface area contributed by atoms with Crippen molar-refractivity contribution < 1.29 is 9.53 Å². The number of amides is 1. The van der Waals surface area contributed by atoms with Gasteiger partial charge in [-0.1, -0.05) is 12.1 Å². The van der Waals surface area contributed by atoms with Crippen molar-refractivity contribution in [3.63, 3.8) is 0 Å². The molecule has 6 nitrogen and oxygen atoms in total. The van der Waals surface area contributed by atoms with Crippen LogP contribution in [0.15, 0.2) is 43.0 Å². The molecule has 0 bridgehead atoms. The summed E-state index contributed by atoms with van der Waals surface area (Å²) in [5.74, 6) is 0. The lowest BCUT2D eigenvalue weighted by atomic mass is 9.97. The van der Waals surface area contributed by atoms with Crippen molar-refractivity contribution in [3.8, 4) is 6.07 Å². The van der Waals surface area contributed by atoms with Gasteiger partial charge in [0.05, 0.1) is 30.9 Å². The molecule has 1 amide bonds. The molecule has 1 aromatic heterocycles. The summed E-state index contributed by atoms with van der Waals surface area (Å²) < 4.78 is 7.32. The lowest BCUT2D eigenvalue weighted by Gasteiger charge is -2.14. The number of ether oxygens (including phenoxy) is 1. The smallest absolute Gasteiger partial charge is 0.414 e. The number of carbonyl (C=O) groups excluding carboxylic acids is 1. The van der Waals surface area contributed by atoms with Crippen LogP contribution in [0.5, 0.6) is 0 Å². The van der Waals surface area contributed by atoms with Gasteiger partial charge in [-0.2, -0.15) is 5.26 Å². The molecule has 4 rings (SSSR count). The lowest BCUT2D eigenvalue weighted by Crippen LogP contribution is -2.25. The Morgan fingerprint density at radius 2 is 2.13 bits per heavy atom. The highest BCUT2D eigenvalue weighted by atomic mass is 16.6. The fraction of sp³-hybridized carbons (Fsp3) is 0.353. The molecule has 1 unspecified atom stereocenters. The molecular formula is C17H16N4O2. The van der Waals surface area contributed by atoms with E-state index >= 15 is 0 Å². The largest absolute Gasteiger partial charge is 0.442 e. The number of imidazole rings is 1. The SMILES string of the molecule is N#CC1(c2ccc(N3CC(Cn4ccnc4)OC3=O)cc2)CC1. The first-order chi connectivity index (χ1) is 11.2. The molecule has 6 heteroatoms. The quantitative estimate of drug-likeness (QED) is 0.870. The van der Waals surface area contributed by atoms with Crippen LogP contribution >= 0.6 is 0 Å². The Bertz CT molecular complexity index is 757. The van der Waals surface area contributed by atoms with Crippen molar-refractivity contribution in [1.29, 1.82) is 5.26 Å². The van der Waals surface area contributed by atoms with Gasteiger partial charge in [-0.3, -0.25) is 4.90 Å². The minimum atomic E-state index is -0.329. The first-order valence-corrected chi connectivity index (χ1v) is 7.66. The summed E-state index contributed by atoms with van der Waals surface area (Å²) in [6.07, 6.45) is 6.58. The number of anilines is 1. The predicted octanol–water partition coefficient (Wildman–Crippen LogP) is 2.46. The average molecular weight is 308 g/mol. The third kappa shape index (κ3) is 2.44. The molecule has 0 spiro atoms. The second-order valence-corrected chi connectivity index (χ2v) is 6.12. The van der Waals surface area contributed by atoms with Gasteiger partial charge in [0.25, 0.3) is 0 Å². The Morgan fingerprint density at radius 3 is 2.74 bits per heavy atom. The van der Waals surface area contributed by atoms with Gasteiger partial charge in [-0.15, -0.1) is 0 Å². The first kappa shape index (κ1) is 13.8. The van der Waals surface area contributed by atoms with Gasteiger partial charge in [0.15, 0.2) is 0 Å². The Balaban J connectivity index is 1.48. The molecule has 0 N–H and O–H groups in total. The summed E-state index contributed by atoms with van der Waals surface area (Å²) in [5.41, 5.74) is 1.54. The summed E-state index contributed by atoms with van der Waals surface area (Å²) in [6, 6.07) is 10.1. The molecule has 1 aliphatic heterocycles. The zero-order valence-electron chi connectivity index (χ0n) is 12.6. The van der Waals surface area contributed by atoms with Gasteiger partial charge in [-0.05, 0) is 30.5 Å². The zero-order chi connectivity index (χ0) is 15.9. The summed E-state index contributed by atoms with van der Waals surface area (Å²) >= 11 is 0. The maximum Gasteiger partial charge on any atom is 0.414 e. The van der Waals surface area contributed by atoms with Crippen molar-refractivity contribution >= 4 is 11.8 Å². The normalized spacial score (nSPS) is 21.8. The Hall–Kier alpha value is -2.81. The summed E-state index contributed by atoms with van der Waals surface area (Å²) in [7, 11) is 0. The highest BCUT2D eigenvalue weighted by Gasteiger charge is 2.44. The summed E-state index contributed by atoms with van der Waals surface area (Å²) in [4.78, 5) is 17.7. The van der Waals surface area contributed by atoms with E-state index in [-0.39, 0.29) is 17.6 Å². The number of benzene rings is 1. The maximum atomic E-state index is 12.1. The molecule has 1 atom stereocenters. The van der Waals surface area contributed by atoms with Crippen LogP contribution in [0, 0.1) is 11.3 Å². The van der Waals surface area contributed by atoms with Crippen LogP contribution in [0.1, 0.15) is 18.4 Å². The van der Waals surface area contributed by atoms with Crippen LogP contribution in [0.3, 0.4) is 0 Å². The van der Waals surface area contributed by atoms with E-state index in [0.29, 0.717) is 13.1 Å². The molecule has 1 saturated heterocycles. The van der Waals surface area contributed by atoms with E-state index in [0.717, 1.165) is 24.1 Å². The standard InChI is InChI=1S/C17H16N4O2/c18-11-17(5-6-17)13-1-3-14(4-2-13)21-10-15(23-16(21)22)9-20-8-7-19-12-20/h1-4,7-8,12,15H,5-6,9-10H2. The van der Waals surface area contributed by atoms with Crippen LogP contribution in [0.25, 0.3) is 0 Å². The molecule has 116 valence electrons. The molecule has 1 aliphatic carbocycles.